The number of hydrogen-bond acceptors (Lipinski definition) is 5. The number of methoxy groups -OCH3 is 1. The number of hydrogen-bond donors (Lipinski definition) is 2. The second-order valence-corrected chi connectivity index (χ2v) is 8.10. The van der Waals surface area contributed by atoms with Crippen LogP contribution in [0, 0.1) is 0 Å². The summed E-state index contributed by atoms with van der Waals surface area (Å²) in [6.07, 6.45) is -6.66. The van der Waals surface area contributed by atoms with Crippen LogP contribution < -0.4 is 10.6 Å². The van der Waals surface area contributed by atoms with E-state index in [0.717, 1.165) is 12.1 Å². The number of halogens is 3. The molecule has 33 heavy (non-hydrogen) atoms. The quantitative estimate of drug-likeness (QED) is 0.483. The third kappa shape index (κ3) is 8.13. The van der Waals surface area contributed by atoms with E-state index in [1.165, 1.54) is 31.4 Å². The van der Waals surface area contributed by atoms with E-state index in [2.05, 4.69) is 15.4 Å². The normalized spacial score (nSPS) is 12.5. The molecule has 2 aromatic carbocycles. The number of carbonyl (C=O) groups excluding carboxylic acids is 3. The van der Waals surface area contributed by atoms with Gasteiger partial charge in [0.2, 0.25) is 0 Å². The lowest BCUT2D eigenvalue weighted by atomic mass is 10.0. The molecule has 0 heterocycles. The molecule has 7 nitrogen and oxygen atoms in total. The average molecular weight is 466 g/mol. The van der Waals surface area contributed by atoms with Gasteiger partial charge >= 0.3 is 18.2 Å². The summed E-state index contributed by atoms with van der Waals surface area (Å²) in [5.41, 5.74) is -0.163. The van der Waals surface area contributed by atoms with E-state index < -0.39 is 41.5 Å². The van der Waals surface area contributed by atoms with Crippen LogP contribution in [0.4, 0.5) is 18.0 Å². The Kier molecular flexibility index (Phi) is 8.08. The number of carbonyl (C=O) groups is 3. The Morgan fingerprint density at radius 1 is 0.879 bits per heavy atom. The number of ether oxygens (including phenoxy) is 2. The molecule has 0 bridgehead atoms. The highest BCUT2D eigenvalue weighted by atomic mass is 19.4. The van der Waals surface area contributed by atoms with Crippen molar-refractivity contribution in [3.63, 3.8) is 0 Å². The summed E-state index contributed by atoms with van der Waals surface area (Å²) in [7, 11) is 1.18. The topological polar surface area (TPSA) is 93.7 Å². The molecule has 0 spiro atoms. The number of rotatable bonds is 6. The summed E-state index contributed by atoms with van der Waals surface area (Å²) in [4.78, 5) is 36.3. The van der Waals surface area contributed by atoms with Crippen LogP contribution in [-0.4, -0.2) is 36.8 Å². The van der Waals surface area contributed by atoms with Crippen LogP contribution in [0.3, 0.4) is 0 Å². The molecule has 178 valence electrons. The SMILES string of the molecule is COC(=O)CC(NC(=O)OC(C)(C)C)NC(=O)c1ccc(-c2ccc(C(F)(F)F)cc2)cc1. The fourth-order valence-corrected chi connectivity index (χ4v) is 2.75. The summed E-state index contributed by atoms with van der Waals surface area (Å²) >= 11 is 0. The van der Waals surface area contributed by atoms with E-state index in [-0.39, 0.29) is 12.0 Å². The van der Waals surface area contributed by atoms with Crippen molar-refractivity contribution in [3.8, 4) is 11.1 Å². The molecular formula is C23H25F3N2O5. The van der Waals surface area contributed by atoms with Gasteiger partial charge < -0.3 is 20.1 Å². The molecule has 2 rings (SSSR count). The van der Waals surface area contributed by atoms with Gasteiger partial charge in [-0.3, -0.25) is 9.59 Å². The molecule has 2 N–H and O–H groups in total. The van der Waals surface area contributed by atoms with Crippen LogP contribution in [0.25, 0.3) is 11.1 Å². The van der Waals surface area contributed by atoms with E-state index in [4.69, 9.17) is 4.74 Å². The van der Waals surface area contributed by atoms with Crippen molar-refractivity contribution in [3.05, 3.63) is 59.7 Å². The molecule has 0 aliphatic rings. The van der Waals surface area contributed by atoms with Gasteiger partial charge in [-0.05, 0) is 56.2 Å². The van der Waals surface area contributed by atoms with E-state index in [1.807, 2.05) is 0 Å². The maximum Gasteiger partial charge on any atom is 0.416 e. The zero-order valence-corrected chi connectivity index (χ0v) is 18.6. The second-order valence-electron chi connectivity index (χ2n) is 8.10. The summed E-state index contributed by atoms with van der Waals surface area (Å²) in [6.45, 7) is 5.00. The zero-order valence-electron chi connectivity index (χ0n) is 18.6. The van der Waals surface area contributed by atoms with Crippen LogP contribution in [0.5, 0.6) is 0 Å². The minimum Gasteiger partial charge on any atom is -0.469 e. The number of amides is 2. The van der Waals surface area contributed by atoms with Crippen molar-refractivity contribution in [1.82, 2.24) is 10.6 Å². The minimum atomic E-state index is -4.42. The van der Waals surface area contributed by atoms with E-state index in [1.54, 1.807) is 32.9 Å². The first-order valence-electron chi connectivity index (χ1n) is 9.93. The molecular weight excluding hydrogens is 441 g/mol. The summed E-state index contributed by atoms with van der Waals surface area (Å²) in [5.74, 6) is -1.24. The number of benzene rings is 2. The van der Waals surface area contributed by atoms with Crippen molar-refractivity contribution in [2.45, 2.75) is 45.1 Å². The Labute approximate surface area is 189 Å². The van der Waals surface area contributed by atoms with Crippen LogP contribution >= 0.6 is 0 Å². The standard InChI is InChI=1S/C23H25F3N2O5/c1-22(2,3)33-21(31)28-18(13-19(29)32-4)27-20(30)16-7-5-14(6-8-16)15-9-11-17(12-10-15)23(24,25)26/h5-12,18H,13H2,1-4H3,(H,27,30)(H,28,31). The van der Waals surface area contributed by atoms with Gasteiger partial charge in [-0.2, -0.15) is 13.2 Å². The van der Waals surface area contributed by atoms with Crippen molar-refractivity contribution in [2.75, 3.05) is 7.11 Å². The highest BCUT2D eigenvalue weighted by Crippen LogP contribution is 2.31. The predicted molar refractivity (Wildman–Crippen MR) is 114 cm³/mol. The molecule has 10 heteroatoms. The largest absolute Gasteiger partial charge is 0.469 e. The fourth-order valence-electron chi connectivity index (χ4n) is 2.75. The molecule has 0 aromatic heterocycles. The van der Waals surface area contributed by atoms with Gasteiger partial charge in [0.1, 0.15) is 11.8 Å². The zero-order chi connectivity index (χ0) is 24.8. The molecule has 0 aliphatic carbocycles. The average Bonchev–Trinajstić information content (AvgIpc) is 2.71. The van der Waals surface area contributed by atoms with Crippen LogP contribution in [0.1, 0.15) is 43.1 Å². The van der Waals surface area contributed by atoms with Crippen LogP contribution in [-0.2, 0) is 20.4 Å². The summed E-state index contributed by atoms with van der Waals surface area (Å²) < 4.78 is 47.9. The number of nitrogens with one attached hydrogen (secondary N) is 2. The van der Waals surface area contributed by atoms with E-state index in [0.29, 0.717) is 11.1 Å². The lowest BCUT2D eigenvalue weighted by Crippen LogP contribution is -2.50. The smallest absolute Gasteiger partial charge is 0.416 e. The first-order valence-corrected chi connectivity index (χ1v) is 9.93. The Morgan fingerprint density at radius 3 is 1.85 bits per heavy atom. The highest BCUT2D eigenvalue weighted by Gasteiger charge is 2.30. The lowest BCUT2D eigenvalue weighted by molar-refractivity contribution is -0.141. The molecule has 0 aliphatic heterocycles. The van der Waals surface area contributed by atoms with Gasteiger partial charge in [-0.1, -0.05) is 24.3 Å². The molecule has 2 aromatic rings. The lowest BCUT2D eigenvalue weighted by Gasteiger charge is -2.24. The fraction of sp³-hybridized carbons (Fsp3) is 0.348. The van der Waals surface area contributed by atoms with Gasteiger partial charge in [-0.25, -0.2) is 4.79 Å². The summed E-state index contributed by atoms with van der Waals surface area (Å²) in [5, 5.41) is 4.93. The van der Waals surface area contributed by atoms with Gasteiger partial charge in [-0.15, -0.1) is 0 Å². The van der Waals surface area contributed by atoms with E-state index >= 15 is 0 Å². The maximum atomic E-state index is 12.7. The van der Waals surface area contributed by atoms with Crippen molar-refractivity contribution < 1.29 is 37.0 Å². The Morgan fingerprint density at radius 2 is 1.39 bits per heavy atom. The molecule has 0 saturated carbocycles. The maximum absolute atomic E-state index is 12.7. The van der Waals surface area contributed by atoms with Crippen molar-refractivity contribution in [1.29, 1.82) is 0 Å². The molecule has 2 amide bonds. The Hall–Kier alpha value is -3.56. The van der Waals surface area contributed by atoms with Crippen LogP contribution in [0.15, 0.2) is 48.5 Å². The molecule has 0 radical (unpaired) electrons. The molecule has 0 saturated heterocycles. The van der Waals surface area contributed by atoms with E-state index in [9.17, 15) is 27.6 Å². The van der Waals surface area contributed by atoms with Crippen molar-refractivity contribution >= 4 is 18.0 Å². The van der Waals surface area contributed by atoms with Crippen LogP contribution in [0.2, 0.25) is 0 Å². The van der Waals surface area contributed by atoms with Gasteiger partial charge in [0.05, 0.1) is 19.1 Å². The van der Waals surface area contributed by atoms with Gasteiger partial charge in [0.25, 0.3) is 5.91 Å². The van der Waals surface area contributed by atoms with Gasteiger partial charge in [0, 0.05) is 5.56 Å². The molecule has 1 atom stereocenters. The summed E-state index contributed by atoms with van der Waals surface area (Å²) in [6, 6.07) is 10.8. The second kappa shape index (κ2) is 10.4. The van der Waals surface area contributed by atoms with Gasteiger partial charge in [0.15, 0.2) is 0 Å². The predicted octanol–water partition coefficient (Wildman–Crippen LogP) is 4.52. The number of esters is 1. The highest BCUT2D eigenvalue weighted by molar-refractivity contribution is 5.95. The third-order valence-electron chi connectivity index (χ3n) is 4.29. The van der Waals surface area contributed by atoms with Crippen molar-refractivity contribution in [2.24, 2.45) is 0 Å². The number of alkyl carbamates (subject to hydrolysis) is 1. The first kappa shape index (κ1) is 25.7. The Bertz CT molecular complexity index is 981. The first-order chi connectivity index (χ1) is 15.3. The monoisotopic (exact) mass is 466 g/mol. The molecule has 0 fully saturated rings. The third-order valence-corrected chi connectivity index (χ3v) is 4.29. The number of alkyl halides is 3. The Balaban J connectivity index is 2.10. The molecule has 1 unspecified atom stereocenters. The minimum absolute atomic E-state index is 0.214.